The summed E-state index contributed by atoms with van der Waals surface area (Å²) in [4.78, 5) is 32.4. The van der Waals surface area contributed by atoms with Crippen molar-refractivity contribution in [2.75, 3.05) is 0 Å². The third-order valence-electron chi connectivity index (χ3n) is 2.90. The molecule has 1 aliphatic heterocycles. The number of non-ortho nitro benzene ring substituents is 1. The summed E-state index contributed by atoms with van der Waals surface area (Å²) in [5.74, 6) is -1.51. The molecule has 2 rings (SSSR count). The molecule has 0 radical (unpaired) electrons. The van der Waals surface area contributed by atoms with E-state index in [9.17, 15) is 19.7 Å². The minimum Gasteiger partial charge on any atom is -0.481 e. The van der Waals surface area contributed by atoms with Crippen molar-refractivity contribution in [2.24, 2.45) is 10.2 Å². The second-order valence-corrected chi connectivity index (χ2v) is 5.78. The fourth-order valence-corrected chi connectivity index (χ4v) is 2.68. The number of carbonyl (C=O) groups excluding carboxylic acids is 1. The first kappa shape index (κ1) is 16.6. The van der Waals surface area contributed by atoms with Crippen LogP contribution in [-0.4, -0.2) is 38.0 Å². The highest BCUT2D eigenvalue weighted by Gasteiger charge is 2.32. The predicted molar refractivity (Wildman–Crippen MR) is 84.5 cm³/mol. The van der Waals surface area contributed by atoms with Gasteiger partial charge >= 0.3 is 5.97 Å². The monoisotopic (exact) mass is 336 g/mol. The molecule has 0 aliphatic carbocycles. The summed E-state index contributed by atoms with van der Waals surface area (Å²) in [5, 5.41) is 29.1. The van der Waals surface area contributed by atoms with Crippen LogP contribution in [0.1, 0.15) is 18.9 Å². The Morgan fingerprint density at radius 2 is 2.26 bits per heavy atom. The van der Waals surface area contributed by atoms with Crippen LogP contribution in [0, 0.1) is 10.1 Å². The average molecular weight is 336 g/mol. The van der Waals surface area contributed by atoms with Crippen LogP contribution in [0.4, 0.5) is 5.69 Å². The van der Waals surface area contributed by atoms with Gasteiger partial charge in [-0.1, -0.05) is 23.9 Å². The first-order valence-electron chi connectivity index (χ1n) is 6.43. The maximum atomic E-state index is 11.6. The maximum Gasteiger partial charge on any atom is 0.305 e. The van der Waals surface area contributed by atoms with Crippen LogP contribution in [0.3, 0.4) is 0 Å². The van der Waals surface area contributed by atoms with E-state index in [1.165, 1.54) is 18.2 Å². The summed E-state index contributed by atoms with van der Waals surface area (Å²) in [7, 11) is 0. The molecule has 1 fully saturated rings. The molecule has 10 heteroatoms. The van der Waals surface area contributed by atoms with Crippen LogP contribution in [0.15, 0.2) is 34.5 Å². The number of hydrogen-bond donors (Lipinski definition) is 2. The minimum absolute atomic E-state index is 0.0604. The Labute approximate surface area is 134 Å². The zero-order valence-corrected chi connectivity index (χ0v) is 12.7. The number of benzene rings is 1. The van der Waals surface area contributed by atoms with Gasteiger partial charge in [0.1, 0.15) is 5.25 Å². The van der Waals surface area contributed by atoms with E-state index in [0.717, 1.165) is 11.8 Å². The number of nitrogens with zero attached hydrogens (tertiary/aromatic N) is 3. The summed E-state index contributed by atoms with van der Waals surface area (Å²) in [6.07, 6.45) is -0.302. The lowest BCUT2D eigenvalue weighted by Gasteiger charge is -1.99. The molecule has 1 heterocycles. The Morgan fingerprint density at radius 3 is 2.91 bits per heavy atom. The zero-order valence-electron chi connectivity index (χ0n) is 11.9. The summed E-state index contributed by atoms with van der Waals surface area (Å²) < 4.78 is 0. The summed E-state index contributed by atoms with van der Waals surface area (Å²) in [6, 6.07) is 5.92. The molecule has 1 aromatic carbocycles. The first-order chi connectivity index (χ1) is 10.9. The highest BCUT2D eigenvalue weighted by atomic mass is 32.2. The Hall–Kier alpha value is -2.75. The number of thioether (sulfide) groups is 1. The normalized spacial score (nSPS) is 19.7. The number of carbonyl (C=O) groups is 2. The van der Waals surface area contributed by atoms with Gasteiger partial charge in [0.05, 0.1) is 17.1 Å². The van der Waals surface area contributed by atoms with Crippen molar-refractivity contribution in [3.63, 3.8) is 0 Å². The fourth-order valence-electron chi connectivity index (χ4n) is 1.77. The SMILES string of the molecule is CC(=N/N=C1/NC(=O)C(CC(=O)O)S1)c1cccc([N+](=O)[O-])c1. The predicted octanol–water partition coefficient (Wildman–Crippen LogP) is 1.38. The first-order valence-corrected chi connectivity index (χ1v) is 7.31. The van der Waals surface area contributed by atoms with Gasteiger partial charge in [0, 0.05) is 17.7 Å². The van der Waals surface area contributed by atoms with Gasteiger partial charge in [0.2, 0.25) is 5.91 Å². The number of aliphatic carboxylic acids is 1. The van der Waals surface area contributed by atoms with Gasteiger partial charge in [-0.2, -0.15) is 5.10 Å². The Kier molecular flexibility index (Phi) is 5.06. The number of carboxylic acids is 1. The highest BCUT2D eigenvalue weighted by Crippen LogP contribution is 2.22. The lowest BCUT2D eigenvalue weighted by atomic mass is 10.1. The number of nitrogens with one attached hydrogen (secondary N) is 1. The van der Waals surface area contributed by atoms with Crippen LogP contribution in [0.25, 0.3) is 0 Å². The number of amides is 1. The molecule has 0 aromatic heterocycles. The van der Waals surface area contributed by atoms with Crippen molar-refractivity contribution in [1.29, 1.82) is 0 Å². The molecule has 1 unspecified atom stereocenters. The van der Waals surface area contributed by atoms with Crippen molar-refractivity contribution in [3.05, 3.63) is 39.9 Å². The van der Waals surface area contributed by atoms with Gasteiger partial charge in [-0.25, -0.2) is 0 Å². The topological polar surface area (TPSA) is 134 Å². The van der Waals surface area contributed by atoms with E-state index in [0.29, 0.717) is 11.3 Å². The van der Waals surface area contributed by atoms with E-state index >= 15 is 0 Å². The lowest BCUT2D eigenvalue weighted by molar-refractivity contribution is -0.384. The van der Waals surface area contributed by atoms with Crippen LogP contribution in [-0.2, 0) is 9.59 Å². The van der Waals surface area contributed by atoms with Crippen LogP contribution in [0.2, 0.25) is 0 Å². The maximum absolute atomic E-state index is 11.6. The van der Waals surface area contributed by atoms with Crippen molar-refractivity contribution in [2.45, 2.75) is 18.6 Å². The van der Waals surface area contributed by atoms with Crippen molar-refractivity contribution in [3.8, 4) is 0 Å². The van der Waals surface area contributed by atoms with Gasteiger partial charge in [0.25, 0.3) is 5.69 Å². The molecule has 0 spiro atoms. The van der Waals surface area contributed by atoms with Crippen LogP contribution < -0.4 is 5.32 Å². The molecule has 1 aromatic rings. The third kappa shape index (κ3) is 4.36. The van der Waals surface area contributed by atoms with Gasteiger partial charge in [-0.05, 0) is 6.92 Å². The molecular formula is C13H12N4O5S. The minimum atomic E-state index is -1.07. The van der Waals surface area contributed by atoms with E-state index in [1.807, 2.05) is 0 Å². The van der Waals surface area contributed by atoms with E-state index < -0.39 is 22.0 Å². The van der Waals surface area contributed by atoms with Gasteiger partial charge in [0.15, 0.2) is 5.17 Å². The molecule has 23 heavy (non-hydrogen) atoms. The highest BCUT2D eigenvalue weighted by molar-refractivity contribution is 8.15. The van der Waals surface area contributed by atoms with Gasteiger partial charge in [-0.15, -0.1) is 5.10 Å². The molecule has 1 amide bonds. The summed E-state index contributed by atoms with van der Waals surface area (Å²) >= 11 is 0.986. The molecule has 0 bridgehead atoms. The van der Waals surface area contributed by atoms with Crippen molar-refractivity contribution in [1.82, 2.24) is 5.32 Å². The molecule has 1 saturated heterocycles. The average Bonchev–Trinajstić information content (AvgIpc) is 2.84. The number of amidine groups is 1. The molecule has 120 valence electrons. The second kappa shape index (κ2) is 7.01. The molecule has 0 saturated carbocycles. The zero-order chi connectivity index (χ0) is 17.0. The number of nitro benzene ring substituents is 1. The largest absolute Gasteiger partial charge is 0.481 e. The molecule has 1 atom stereocenters. The lowest BCUT2D eigenvalue weighted by Crippen LogP contribution is -2.26. The molecule has 9 nitrogen and oxygen atoms in total. The van der Waals surface area contributed by atoms with Crippen LogP contribution in [0.5, 0.6) is 0 Å². The van der Waals surface area contributed by atoms with E-state index in [1.54, 1.807) is 13.0 Å². The standard InChI is InChI=1S/C13H12N4O5S/c1-7(8-3-2-4-9(5-8)17(21)22)15-16-13-14-12(20)10(23-13)6-11(18)19/h2-5,10H,6H2,1H3,(H,18,19)(H,14,16,20). The summed E-state index contributed by atoms with van der Waals surface area (Å²) in [6.45, 7) is 1.62. The van der Waals surface area contributed by atoms with Gasteiger partial charge < -0.3 is 10.4 Å². The van der Waals surface area contributed by atoms with E-state index in [-0.39, 0.29) is 17.3 Å². The summed E-state index contributed by atoms with van der Waals surface area (Å²) in [5.41, 5.74) is 0.896. The third-order valence-corrected chi connectivity index (χ3v) is 3.97. The van der Waals surface area contributed by atoms with E-state index in [2.05, 4.69) is 15.5 Å². The number of carboxylic acid groups (broad SMARTS) is 1. The Bertz CT molecular complexity index is 731. The number of nitro groups is 1. The smallest absolute Gasteiger partial charge is 0.305 e. The Balaban J connectivity index is 2.13. The van der Waals surface area contributed by atoms with Gasteiger partial charge in [-0.3, -0.25) is 19.7 Å². The molecular weight excluding hydrogens is 324 g/mol. The fraction of sp³-hybridized carbons (Fsp3) is 0.231. The molecule has 1 aliphatic rings. The molecule has 2 N–H and O–H groups in total. The van der Waals surface area contributed by atoms with Crippen LogP contribution >= 0.6 is 11.8 Å². The van der Waals surface area contributed by atoms with E-state index in [4.69, 9.17) is 5.11 Å². The Morgan fingerprint density at radius 1 is 1.52 bits per heavy atom. The second-order valence-electron chi connectivity index (χ2n) is 4.59. The van der Waals surface area contributed by atoms with Crippen molar-refractivity contribution < 1.29 is 19.6 Å². The number of rotatable bonds is 5. The quantitative estimate of drug-likeness (QED) is 0.474. The van der Waals surface area contributed by atoms with Crippen molar-refractivity contribution >= 4 is 40.2 Å². The number of hydrogen-bond acceptors (Lipinski definition) is 7.